The molecule has 1 aromatic carbocycles. The number of hydrogen-bond donors (Lipinski definition) is 2. The molecule has 0 spiro atoms. The normalized spacial score (nSPS) is 23.7. The van der Waals surface area contributed by atoms with Crippen molar-refractivity contribution in [1.82, 2.24) is 0 Å². The molecule has 3 nitrogen and oxygen atoms in total. The van der Waals surface area contributed by atoms with E-state index < -0.39 is 11.6 Å². The summed E-state index contributed by atoms with van der Waals surface area (Å²) in [5, 5.41) is 2.46. The Kier molecular flexibility index (Phi) is 3.38. The summed E-state index contributed by atoms with van der Waals surface area (Å²) in [7, 11) is 0. The third-order valence-electron chi connectivity index (χ3n) is 3.03. The van der Waals surface area contributed by atoms with E-state index in [4.69, 9.17) is 5.73 Å². The van der Waals surface area contributed by atoms with Gasteiger partial charge in [0.15, 0.2) is 0 Å². The van der Waals surface area contributed by atoms with Crippen molar-refractivity contribution in [2.75, 3.05) is 5.32 Å². The summed E-state index contributed by atoms with van der Waals surface area (Å²) in [4.78, 5) is 11.8. The second-order valence-corrected chi connectivity index (χ2v) is 4.38. The van der Waals surface area contributed by atoms with Gasteiger partial charge in [0.2, 0.25) is 5.91 Å². The molecule has 0 radical (unpaired) electrons. The average molecular weight is 240 g/mol. The highest BCUT2D eigenvalue weighted by Crippen LogP contribution is 2.26. The first kappa shape index (κ1) is 12.0. The van der Waals surface area contributed by atoms with E-state index in [1.165, 1.54) is 6.07 Å². The fraction of sp³-hybridized carbons (Fsp3) is 0.417. The van der Waals surface area contributed by atoms with E-state index in [1.807, 2.05) is 0 Å². The smallest absolute Gasteiger partial charge is 0.227 e. The average Bonchev–Trinajstić information content (AvgIpc) is 2.69. The van der Waals surface area contributed by atoms with Crippen LogP contribution in [0.2, 0.25) is 0 Å². The summed E-state index contributed by atoms with van der Waals surface area (Å²) in [6.45, 7) is 0. The molecule has 5 heteroatoms. The molecule has 1 aromatic rings. The molecule has 2 rings (SSSR count). The number of carbonyl (C=O) groups excluding carboxylic acids is 1. The van der Waals surface area contributed by atoms with Gasteiger partial charge in [-0.25, -0.2) is 8.78 Å². The molecule has 2 unspecified atom stereocenters. The number of rotatable bonds is 2. The molecular weight excluding hydrogens is 226 g/mol. The lowest BCUT2D eigenvalue weighted by molar-refractivity contribution is -0.119. The minimum absolute atomic E-state index is 0.0110. The van der Waals surface area contributed by atoms with Crippen molar-refractivity contribution < 1.29 is 13.6 Å². The summed E-state index contributed by atoms with van der Waals surface area (Å²) < 4.78 is 26.0. The van der Waals surface area contributed by atoms with Crippen LogP contribution in [0.4, 0.5) is 14.5 Å². The SMILES string of the molecule is NC1CCC(C(=O)Nc2ccc(F)cc2F)C1. The highest BCUT2D eigenvalue weighted by Gasteiger charge is 2.28. The van der Waals surface area contributed by atoms with Gasteiger partial charge in [-0.15, -0.1) is 0 Å². The quantitative estimate of drug-likeness (QED) is 0.831. The number of carbonyl (C=O) groups is 1. The van der Waals surface area contributed by atoms with Gasteiger partial charge in [-0.3, -0.25) is 4.79 Å². The van der Waals surface area contributed by atoms with Gasteiger partial charge in [-0.1, -0.05) is 0 Å². The predicted molar refractivity (Wildman–Crippen MR) is 60.3 cm³/mol. The fourth-order valence-electron chi connectivity index (χ4n) is 2.08. The summed E-state index contributed by atoms with van der Waals surface area (Å²) >= 11 is 0. The van der Waals surface area contributed by atoms with Crippen molar-refractivity contribution in [2.45, 2.75) is 25.3 Å². The molecule has 1 aliphatic rings. The lowest BCUT2D eigenvalue weighted by Gasteiger charge is -2.11. The number of nitrogens with one attached hydrogen (secondary N) is 1. The van der Waals surface area contributed by atoms with Gasteiger partial charge < -0.3 is 11.1 Å². The van der Waals surface area contributed by atoms with Crippen molar-refractivity contribution in [1.29, 1.82) is 0 Å². The maximum atomic E-state index is 13.3. The maximum absolute atomic E-state index is 13.3. The highest BCUT2D eigenvalue weighted by molar-refractivity contribution is 5.92. The molecule has 1 fully saturated rings. The van der Waals surface area contributed by atoms with E-state index in [-0.39, 0.29) is 23.6 Å². The number of nitrogens with two attached hydrogens (primary N) is 1. The first-order valence-corrected chi connectivity index (χ1v) is 5.58. The third-order valence-corrected chi connectivity index (χ3v) is 3.03. The lowest BCUT2D eigenvalue weighted by Crippen LogP contribution is -2.23. The van der Waals surface area contributed by atoms with Crippen molar-refractivity contribution in [3.05, 3.63) is 29.8 Å². The molecule has 0 heterocycles. The van der Waals surface area contributed by atoms with Crippen LogP contribution in [0.1, 0.15) is 19.3 Å². The number of amides is 1. The van der Waals surface area contributed by atoms with Crippen molar-refractivity contribution in [3.63, 3.8) is 0 Å². The molecule has 0 saturated heterocycles. The Balaban J connectivity index is 2.03. The Morgan fingerprint density at radius 1 is 1.35 bits per heavy atom. The Bertz CT molecular complexity index is 437. The number of benzene rings is 1. The van der Waals surface area contributed by atoms with Crippen LogP contribution in [0.15, 0.2) is 18.2 Å². The van der Waals surface area contributed by atoms with Crippen LogP contribution in [0.5, 0.6) is 0 Å². The number of hydrogen-bond acceptors (Lipinski definition) is 2. The van der Waals surface area contributed by atoms with E-state index in [0.717, 1.165) is 25.0 Å². The first-order chi connectivity index (χ1) is 8.06. The van der Waals surface area contributed by atoms with Crippen LogP contribution in [-0.2, 0) is 4.79 Å². The summed E-state index contributed by atoms with van der Waals surface area (Å²) in [5.41, 5.74) is 5.71. The van der Waals surface area contributed by atoms with E-state index in [0.29, 0.717) is 6.42 Å². The van der Waals surface area contributed by atoms with Crippen LogP contribution in [0.25, 0.3) is 0 Å². The fourth-order valence-corrected chi connectivity index (χ4v) is 2.08. The molecular formula is C12H14F2N2O. The minimum Gasteiger partial charge on any atom is -0.328 e. The monoisotopic (exact) mass is 240 g/mol. The van der Waals surface area contributed by atoms with E-state index >= 15 is 0 Å². The van der Waals surface area contributed by atoms with Gasteiger partial charge in [0.1, 0.15) is 11.6 Å². The molecule has 17 heavy (non-hydrogen) atoms. The maximum Gasteiger partial charge on any atom is 0.227 e. The highest BCUT2D eigenvalue weighted by atomic mass is 19.1. The Hall–Kier alpha value is -1.49. The van der Waals surface area contributed by atoms with Crippen LogP contribution >= 0.6 is 0 Å². The second-order valence-electron chi connectivity index (χ2n) is 4.38. The van der Waals surface area contributed by atoms with Gasteiger partial charge in [0, 0.05) is 18.0 Å². The van der Waals surface area contributed by atoms with Crippen molar-refractivity contribution in [2.24, 2.45) is 11.7 Å². The summed E-state index contributed by atoms with van der Waals surface area (Å²) in [5.74, 6) is -1.85. The molecule has 1 saturated carbocycles. The second kappa shape index (κ2) is 4.79. The van der Waals surface area contributed by atoms with Crippen molar-refractivity contribution in [3.8, 4) is 0 Å². The van der Waals surface area contributed by atoms with Crippen molar-refractivity contribution >= 4 is 11.6 Å². The summed E-state index contributed by atoms with van der Waals surface area (Å²) in [6, 6.07) is 3.12. The number of halogens is 2. The Morgan fingerprint density at radius 2 is 2.12 bits per heavy atom. The topological polar surface area (TPSA) is 55.1 Å². The molecule has 2 atom stereocenters. The Morgan fingerprint density at radius 3 is 2.71 bits per heavy atom. The minimum atomic E-state index is -0.763. The van der Waals surface area contributed by atoms with Gasteiger partial charge in [-0.05, 0) is 31.4 Å². The van der Waals surface area contributed by atoms with E-state index in [2.05, 4.69) is 5.32 Å². The first-order valence-electron chi connectivity index (χ1n) is 5.58. The molecule has 1 aliphatic carbocycles. The zero-order valence-electron chi connectivity index (χ0n) is 9.25. The van der Waals surface area contributed by atoms with Crippen LogP contribution in [0, 0.1) is 17.6 Å². The zero-order chi connectivity index (χ0) is 12.4. The zero-order valence-corrected chi connectivity index (χ0v) is 9.25. The molecule has 92 valence electrons. The molecule has 1 amide bonds. The Labute approximate surface area is 98.0 Å². The van der Waals surface area contributed by atoms with Gasteiger partial charge in [0.25, 0.3) is 0 Å². The van der Waals surface area contributed by atoms with Gasteiger partial charge in [-0.2, -0.15) is 0 Å². The van der Waals surface area contributed by atoms with Crippen LogP contribution in [0.3, 0.4) is 0 Å². The molecule has 3 N–H and O–H groups in total. The molecule has 0 aliphatic heterocycles. The van der Waals surface area contributed by atoms with Gasteiger partial charge >= 0.3 is 0 Å². The van der Waals surface area contributed by atoms with Crippen LogP contribution in [-0.4, -0.2) is 11.9 Å². The third kappa shape index (κ3) is 2.79. The largest absolute Gasteiger partial charge is 0.328 e. The van der Waals surface area contributed by atoms with Crippen LogP contribution < -0.4 is 11.1 Å². The lowest BCUT2D eigenvalue weighted by atomic mass is 10.1. The standard InChI is InChI=1S/C12H14F2N2O/c13-8-2-4-11(10(14)6-8)16-12(17)7-1-3-9(15)5-7/h2,4,6-7,9H,1,3,5,15H2,(H,16,17). The number of anilines is 1. The predicted octanol–water partition coefficient (Wildman–Crippen LogP) is 2.03. The molecule has 0 aromatic heterocycles. The molecule has 0 bridgehead atoms. The van der Waals surface area contributed by atoms with E-state index in [9.17, 15) is 13.6 Å². The van der Waals surface area contributed by atoms with E-state index in [1.54, 1.807) is 0 Å². The summed E-state index contributed by atoms with van der Waals surface area (Å²) in [6.07, 6.45) is 2.15. The van der Waals surface area contributed by atoms with Gasteiger partial charge in [0.05, 0.1) is 5.69 Å².